The van der Waals surface area contributed by atoms with Crippen LogP contribution in [0.15, 0.2) is 34.8 Å². The van der Waals surface area contributed by atoms with Crippen LogP contribution in [0.4, 0.5) is 5.69 Å². The van der Waals surface area contributed by atoms with Crippen molar-refractivity contribution in [2.75, 3.05) is 19.5 Å². The number of aryl methyl sites for hydroxylation is 1. The summed E-state index contributed by atoms with van der Waals surface area (Å²) in [6.07, 6.45) is 0. The number of hydrogen-bond acceptors (Lipinski definition) is 4. The van der Waals surface area contributed by atoms with Gasteiger partial charge in [-0.2, -0.15) is 0 Å². The van der Waals surface area contributed by atoms with E-state index in [1.54, 1.807) is 24.3 Å². The molecule has 132 valence electrons. The number of methoxy groups -OCH3 is 2. The van der Waals surface area contributed by atoms with Gasteiger partial charge < -0.3 is 14.8 Å². The fourth-order valence-electron chi connectivity index (χ4n) is 2.25. The Labute approximate surface area is 164 Å². The molecule has 0 atom stereocenters. The minimum absolute atomic E-state index is 0.144. The van der Waals surface area contributed by atoms with Crippen LogP contribution in [-0.4, -0.2) is 25.2 Å². The van der Waals surface area contributed by atoms with Crippen LogP contribution < -0.4 is 20.1 Å². The number of ether oxygens (including phenoxy) is 2. The SMILES string of the molecule is COc1ccc(NC(=S)NC(=O)c2cc(Br)cc(C)c2OC)cc1Cl. The van der Waals surface area contributed by atoms with Gasteiger partial charge in [0.05, 0.1) is 24.8 Å². The molecular weight excluding hydrogens is 428 g/mol. The molecule has 0 aliphatic heterocycles. The molecule has 0 saturated carbocycles. The topological polar surface area (TPSA) is 59.6 Å². The number of benzene rings is 2. The van der Waals surface area contributed by atoms with Crippen LogP contribution in [0, 0.1) is 6.92 Å². The lowest BCUT2D eigenvalue weighted by molar-refractivity contribution is 0.0974. The van der Waals surface area contributed by atoms with E-state index in [4.69, 9.17) is 33.3 Å². The van der Waals surface area contributed by atoms with Crippen LogP contribution in [0.1, 0.15) is 15.9 Å². The lowest BCUT2D eigenvalue weighted by Gasteiger charge is -2.14. The minimum Gasteiger partial charge on any atom is -0.496 e. The average molecular weight is 444 g/mol. The van der Waals surface area contributed by atoms with Crippen molar-refractivity contribution in [2.24, 2.45) is 0 Å². The second kappa shape index (κ2) is 8.51. The maximum atomic E-state index is 12.5. The van der Waals surface area contributed by atoms with Gasteiger partial charge >= 0.3 is 0 Å². The molecule has 2 N–H and O–H groups in total. The van der Waals surface area contributed by atoms with Crippen molar-refractivity contribution in [2.45, 2.75) is 6.92 Å². The van der Waals surface area contributed by atoms with E-state index < -0.39 is 0 Å². The Hall–Kier alpha value is -1.83. The summed E-state index contributed by atoms with van der Waals surface area (Å²) in [5.41, 5.74) is 1.85. The summed E-state index contributed by atoms with van der Waals surface area (Å²) in [5.74, 6) is 0.672. The van der Waals surface area contributed by atoms with Crippen LogP contribution in [0.2, 0.25) is 5.02 Å². The summed E-state index contributed by atoms with van der Waals surface area (Å²) >= 11 is 14.6. The molecule has 2 rings (SSSR count). The first kappa shape index (κ1) is 19.5. The van der Waals surface area contributed by atoms with Gasteiger partial charge in [0.2, 0.25) is 0 Å². The van der Waals surface area contributed by atoms with Crippen LogP contribution in [0.25, 0.3) is 0 Å². The summed E-state index contributed by atoms with van der Waals surface area (Å²) < 4.78 is 11.2. The van der Waals surface area contributed by atoms with E-state index in [9.17, 15) is 4.79 Å². The third-order valence-corrected chi connectivity index (χ3v) is 4.28. The van der Waals surface area contributed by atoms with E-state index in [0.29, 0.717) is 27.8 Å². The number of carbonyl (C=O) groups is 1. The second-order valence-electron chi connectivity index (χ2n) is 5.06. The van der Waals surface area contributed by atoms with E-state index in [2.05, 4.69) is 26.6 Å². The molecule has 0 saturated heterocycles. The monoisotopic (exact) mass is 442 g/mol. The highest BCUT2D eigenvalue weighted by molar-refractivity contribution is 9.10. The third-order valence-electron chi connectivity index (χ3n) is 3.32. The zero-order valence-electron chi connectivity index (χ0n) is 13.8. The van der Waals surface area contributed by atoms with Crippen molar-refractivity contribution in [1.29, 1.82) is 0 Å². The Kier molecular flexibility index (Phi) is 6.64. The third kappa shape index (κ3) is 4.84. The first-order chi connectivity index (χ1) is 11.8. The van der Waals surface area contributed by atoms with Crippen molar-refractivity contribution < 1.29 is 14.3 Å². The van der Waals surface area contributed by atoms with E-state index in [1.807, 2.05) is 13.0 Å². The largest absolute Gasteiger partial charge is 0.496 e. The van der Waals surface area contributed by atoms with Gasteiger partial charge in [0.25, 0.3) is 5.91 Å². The van der Waals surface area contributed by atoms with Crippen LogP contribution in [0.5, 0.6) is 11.5 Å². The number of amides is 1. The summed E-state index contributed by atoms with van der Waals surface area (Å²) in [6, 6.07) is 8.64. The van der Waals surface area contributed by atoms with Gasteiger partial charge in [-0.25, -0.2) is 0 Å². The van der Waals surface area contributed by atoms with Gasteiger partial charge in [0.15, 0.2) is 5.11 Å². The summed E-state index contributed by atoms with van der Waals surface area (Å²) in [4.78, 5) is 12.5. The van der Waals surface area contributed by atoms with E-state index in [0.717, 1.165) is 10.0 Å². The van der Waals surface area contributed by atoms with Gasteiger partial charge in [-0.3, -0.25) is 10.1 Å². The lowest BCUT2D eigenvalue weighted by Crippen LogP contribution is -2.34. The number of carbonyl (C=O) groups excluding carboxylic acids is 1. The highest BCUT2D eigenvalue weighted by atomic mass is 79.9. The highest BCUT2D eigenvalue weighted by Gasteiger charge is 2.17. The fraction of sp³-hybridized carbons (Fsp3) is 0.176. The standard InChI is InChI=1S/C17H16BrClN2O3S/c1-9-6-10(18)7-12(15(9)24-3)16(22)21-17(25)20-11-4-5-14(23-2)13(19)8-11/h4-8H,1-3H3,(H2,20,21,22,25). The number of hydrogen-bond donors (Lipinski definition) is 2. The second-order valence-corrected chi connectivity index (χ2v) is 6.79. The number of thiocarbonyl (C=S) groups is 1. The molecule has 8 heteroatoms. The molecule has 2 aromatic carbocycles. The molecule has 0 aliphatic rings. The van der Waals surface area contributed by atoms with E-state index in [1.165, 1.54) is 14.2 Å². The Morgan fingerprint density at radius 3 is 2.52 bits per heavy atom. The summed E-state index contributed by atoms with van der Waals surface area (Å²) in [5, 5.41) is 6.12. The molecular formula is C17H16BrClN2O3S. The first-order valence-corrected chi connectivity index (χ1v) is 8.73. The Bertz CT molecular complexity index is 830. The maximum absolute atomic E-state index is 12.5. The summed E-state index contributed by atoms with van der Waals surface area (Å²) in [6.45, 7) is 1.86. The predicted molar refractivity (Wildman–Crippen MR) is 107 cm³/mol. The zero-order chi connectivity index (χ0) is 18.6. The van der Waals surface area contributed by atoms with Gasteiger partial charge in [-0.15, -0.1) is 0 Å². The average Bonchev–Trinajstić information content (AvgIpc) is 2.54. The Balaban J connectivity index is 2.13. The first-order valence-electron chi connectivity index (χ1n) is 7.15. The smallest absolute Gasteiger partial charge is 0.261 e. The predicted octanol–water partition coefficient (Wildman–Crippen LogP) is 4.55. The van der Waals surface area contributed by atoms with Gasteiger partial charge in [0, 0.05) is 10.2 Å². The number of nitrogens with one attached hydrogen (secondary N) is 2. The van der Waals surface area contributed by atoms with Crippen molar-refractivity contribution in [3.8, 4) is 11.5 Å². The van der Waals surface area contributed by atoms with Crippen molar-refractivity contribution in [1.82, 2.24) is 5.32 Å². The van der Waals surface area contributed by atoms with Gasteiger partial charge in [-0.05, 0) is 55.0 Å². The van der Waals surface area contributed by atoms with Crippen LogP contribution >= 0.6 is 39.7 Å². The molecule has 0 aromatic heterocycles. The van der Waals surface area contributed by atoms with Crippen LogP contribution in [-0.2, 0) is 0 Å². The van der Waals surface area contributed by atoms with Crippen molar-refractivity contribution >= 4 is 56.5 Å². The molecule has 0 bridgehead atoms. The molecule has 0 spiro atoms. The van der Waals surface area contributed by atoms with Crippen molar-refractivity contribution in [3.05, 3.63) is 51.0 Å². The molecule has 1 amide bonds. The number of anilines is 1. The molecule has 25 heavy (non-hydrogen) atoms. The maximum Gasteiger partial charge on any atom is 0.261 e. The minimum atomic E-state index is -0.377. The van der Waals surface area contributed by atoms with Crippen molar-refractivity contribution in [3.63, 3.8) is 0 Å². The van der Waals surface area contributed by atoms with Gasteiger partial charge in [-0.1, -0.05) is 27.5 Å². The molecule has 0 radical (unpaired) electrons. The van der Waals surface area contributed by atoms with E-state index >= 15 is 0 Å². The van der Waals surface area contributed by atoms with Gasteiger partial charge in [0.1, 0.15) is 11.5 Å². The number of rotatable bonds is 4. The Morgan fingerprint density at radius 1 is 1.20 bits per heavy atom. The fourth-order valence-corrected chi connectivity index (χ4v) is 3.29. The molecule has 0 heterocycles. The molecule has 5 nitrogen and oxygen atoms in total. The quantitative estimate of drug-likeness (QED) is 0.679. The summed E-state index contributed by atoms with van der Waals surface area (Å²) in [7, 11) is 3.05. The molecule has 0 fully saturated rings. The molecule has 0 aliphatic carbocycles. The number of halogens is 2. The highest BCUT2D eigenvalue weighted by Crippen LogP contribution is 2.28. The van der Waals surface area contributed by atoms with E-state index in [-0.39, 0.29) is 11.0 Å². The zero-order valence-corrected chi connectivity index (χ0v) is 16.9. The Morgan fingerprint density at radius 2 is 1.92 bits per heavy atom. The molecule has 2 aromatic rings. The van der Waals surface area contributed by atoms with Crippen LogP contribution in [0.3, 0.4) is 0 Å². The lowest BCUT2D eigenvalue weighted by atomic mass is 10.1. The normalized spacial score (nSPS) is 10.1. The molecule has 0 unspecified atom stereocenters.